The number of hydrogen-bond donors (Lipinski definition) is 1. The molecule has 1 aliphatic rings. The van der Waals surface area contributed by atoms with Crippen LogP contribution in [0.1, 0.15) is 24.6 Å². The summed E-state index contributed by atoms with van der Waals surface area (Å²) in [6.45, 7) is 1.00. The van der Waals surface area contributed by atoms with E-state index in [1.807, 2.05) is 18.2 Å². The highest BCUT2D eigenvalue weighted by atomic mass is 19.2. The average molecular weight is 260 g/mol. The third-order valence-corrected chi connectivity index (χ3v) is 3.40. The molecule has 19 heavy (non-hydrogen) atoms. The number of rotatable bonds is 2. The molecule has 0 saturated carbocycles. The Hall–Kier alpha value is -1.81. The monoisotopic (exact) mass is 260 g/mol. The summed E-state index contributed by atoms with van der Waals surface area (Å²) in [5, 5.41) is 3.38. The van der Waals surface area contributed by atoms with Crippen LogP contribution in [0, 0.1) is 11.6 Å². The Labute approximate surface area is 110 Å². The molecule has 98 valence electrons. The van der Waals surface area contributed by atoms with E-state index in [0.29, 0.717) is 11.3 Å². The first kappa shape index (κ1) is 12.2. The second kappa shape index (κ2) is 5.05. The first-order valence-electron chi connectivity index (χ1n) is 6.40. The number of nitrogens with one attached hydrogen (secondary N) is 1. The van der Waals surface area contributed by atoms with Gasteiger partial charge in [-0.25, -0.2) is 8.78 Å². The van der Waals surface area contributed by atoms with E-state index in [1.165, 1.54) is 6.07 Å². The van der Waals surface area contributed by atoms with Gasteiger partial charge < -0.3 is 5.32 Å². The van der Waals surface area contributed by atoms with Crippen molar-refractivity contribution in [3.8, 4) is 11.3 Å². The quantitative estimate of drug-likeness (QED) is 0.894. The molecule has 1 atom stereocenters. The van der Waals surface area contributed by atoms with E-state index in [9.17, 15) is 8.78 Å². The van der Waals surface area contributed by atoms with Crippen LogP contribution in [0.3, 0.4) is 0 Å². The summed E-state index contributed by atoms with van der Waals surface area (Å²) in [6, 6.07) is 9.81. The maximum absolute atomic E-state index is 13.3. The Morgan fingerprint density at radius 1 is 1.11 bits per heavy atom. The number of pyridine rings is 1. The SMILES string of the molecule is Fc1ccc(-c2cccc([C@H]3CCCN3)n2)cc1F. The third-order valence-electron chi connectivity index (χ3n) is 3.40. The summed E-state index contributed by atoms with van der Waals surface area (Å²) >= 11 is 0. The van der Waals surface area contributed by atoms with Crippen molar-refractivity contribution in [2.75, 3.05) is 6.54 Å². The van der Waals surface area contributed by atoms with E-state index in [-0.39, 0.29) is 6.04 Å². The summed E-state index contributed by atoms with van der Waals surface area (Å²) in [5.41, 5.74) is 2.23. The molecule has 3 rings (SSSR count). The molecule has 1 aromatic carbocycles. The first-order chi connectivity index (χ1) is 9.24. The largest absolute Gasteiger partial charge is 0.309 e. The summed E-state index contributed by atoms with van der Waals surface area (Å²) < 4.78 is 26.2. The molecule has 0 spiro atoms. The second-order valence-electron chi connectivity index (χ2n) is 4.73. The van der Waals surface area contributed by atoms with Gasteiger partial charge in [-0.15, -0.1) is 0 Å². The molecule has 0 bridgehead atoms. The van der Waals surface area contributed by atoms with E-state index < -0.39 is 11.6 Å². The van der Waals surface area contributed by atoms with Crippen LogP contribution in [-0.4, -0.2) is 11.5 Å². The molecule has 1 aromatic heterocycles. The van der Waals surface area contributed by atoms with Crippen LogP contribution < -0.4 is 5.32 Å². The van der Waals surface area contributed by atoms with E-state index in [2.05, 4.69) is 10.3 Å². The van der Waals surface area contributed by atoms with E-state index in [4.69, 9.17) is 0 Å². The molecule has 0 amide bonds. The minimum absolute atomic E-state index is 0.269. The van der Waals surface area contributed by atoms with Gasteiger partial charge in [0.25, 0.3) is 0 Å². The Morgan fingerprint density at radius 3 is 2.74 bits per heavy atom. The van der Waals surface area contributed by atoms with Crippen molar-refractivity contribution in [1.82, 2.24) is 10.3 Å². The molecule has 2 aromatic rings. The molecule has 2 nitrogen and oxygen atoms in total. The summed E-state index contributed by atoms with van der Waals surface area (Å²) in [5.74, 6) is -1.68. The van der Waals surface area contributed by atoms with Gasteiger partial charge in [0.2, 0.25) is 0 Å². The van der Waals surface area contributed by atoms with Crippen molar-refractivity contribution < 1.29 is 8.78 Å². The van der Waals surface area contributed by atoms with Gasteiger partial charge in [-0.3, -0.25) is 4.98 Å². The zero-order chi connectivity index (χ0) is 13.2. The number of nitrogens with zero attached hydrogens (tertiary/aromatic N) is 1. The third kappa shape index (κ3) is 2.49. The topological polar surface area (TPSA) is 24.9 Å². The van der Waals surface area contributed by atoms with Gasteiger partial charge in [-0.05, 0) is 49.7 Å². The minimum atomic E-state index is -0.844. The lowest BCUT2D eigenvalue weighted by atomic mass is 10.1. The van der Waals surface area contributed by atoms with Crippen LogP contribution in [-0.2, 0) is 0 Å². The zero-order valence-electron chi connectivity index (χ0n) is 10.4. The highest BCUT2D eigenvalue weighted by Crippen LogP contribution is 2.25. The Kier molecular flexibility index (Phi) is 3.25. The molecule has 0 aliphatic carbocycles. The van der Waals surface area contributed by atoms with Gasteiger partial charge in [0.1, 0.15) is 0 Å². The van der Waals surface area contributed by atoms with E-state index in [1.54, 1.807) is 6.07 Å². The van der Waals surface area contributed by atoms with Gasteiger partial charge in [0.15, 0.2) is 11.6 Å². The van der Waals surface area contributed by atoms with Crippen LogP contribution >= 0.6 is 0 Å². The fourth-order valence-electron chi connectivity index (χ4n) is 2.40. The van der Waals surface area contributed by atoms with Crippen LogP contribution in [0.5, 0.6) is 0 Å². The number of aromatic nitrogens is 1. The Balaban J connectivity index is 1.95. The lowest BCUT2D eigenvalue weighted by Gasteiger charge is -2.11. The average Bonchev–Trinajstić information content (AvgIpc) is 2.96. The molecular weight excluding hydrogens is 246 g/mol. The van der Waals surface area contributed by atoms with E-state index >= 15 is 0 Å². The second-order valence-corrected chi connectivity index (χ2v) is 4.73. The Morgan fingerprint density at radius 2 is 2.00 bits per heavy atom. The van der Waals surface area contributed by atoms with Crippen molar-refractivity contribution in [3.63, 3.8) is 0 Å². The number of halogens is 2. The molecule has 1 aliphatic heterocycles. The van der Waals surface area contributed by atoms with E-state index in [0.717, 1.165) is 31.1 Å². The highest BCUT2D eigenvalue weighted by Gasteiger charge is 2.17. The molecule has 4 heteroatoms. The minimum Gasteiger partial charge on any atom is -0.309 e. The highest BCUT2D eigenvalue weighted by molar-refractivity contribution is 5.59. The summed E-state index contributed by atoms with van der Waals surface area (Å²) in [7, 11) is 0. The van der Waals surface area contributed by atoms with Crippen molar-refractivity contribution in [3.05, 3.63) is 53.7 Å². The summed E-state index contributed by atoms with van der Waals surface area (Å²) in [6.07, 6.45) is 2.20. The van der Waals surface area contributed by atoms with Crippen molar-refractivity contribution in [2.24, 2.45) is 0 Å². The normalized spacial score (nSPS) is 18.7. The predicted molar refractivity (Wildman–Crippen MR) is 69.6 cm³/mol. The van der Waals surface area contributed by atoms with Crippen LogP contribution in [0.25, 0.3) is 11.3 Å². The fraction of sp³-hybridized carbons (Fsp3) is 0.267. The summed E-state index contributed by atoms with van der Waals surface area (Å²) in [4.78, 5) is 4.54. The fourth-order valence-corrected chi connectivity index (χ4v) is 2.40. The van der Waals surface area contributed by atoms with Gasteiger partial charge in [-0.2, -0.15) is 0 Å². The maximum Gasteiger partial charge on any atom is 0.159 e. The standard InChI is InChI=1S/C15H14F2N2/c16-11-7-6-10(9-12(11)17)13-3-1-4-15(19-13)14-5-2-8-18-14/h1,3-4,6-7,9,14,18H,2,5,8H2/t14-/m1/s1. The van der Waals surface area contributed by atoms with Crippen molar-refractivity contribution in [1.29, 1.82) is 0 Å². The lowest BCUT2D eigenvalue weighted by Crippen LogP contribution is -2.14. The van der Waals surface area contributed by atoms with Crippen LogP contribution in [0.15, 0.2) is 36.4 Å². The van der Waals surface area contributed by atoms with Crippen molar-refractivity contribution in [2.45, 2.75) is 18.9 Å². The van der Waals surface area contributed by atoms with Gasteiger partial charge in [0, 0.05) is 11.6 Å². The molecular formula is C15H14F2N2. The molecule has 1 N–H and O–H groups in total. The molecule has 0 unspecified atom stereocenters. The van der Waals surface area contributed by atoms with Crippen LogP contribution in [0.2, 0.25) is 0 Å². The first-order valence-corrected chi connectivity index (χ1v) is 6.40. The Bertz CT molecular complexity index is 592. The smallest absolute Gasteiger partial charge is 0.159 e. The predicted octanol–water partition coefficient (Wildman–Crippen LogP) is 3.45. The zero-order valence-corrected chi connectivity index (χ0v) is 10.4. The maximum atomic E-state index is 13.3. The lowest BCUT2D eigenvalue weighted by molar-refractivity contribution is 0.509. The molecule has 0 radical (unpaired) electrons. The van der Waals surface area contributed by atoms with Gasteiger partial charge >= 0.3 is 0 Å². The number of benzene rings is 1. The van der Waals surface area contributed by atoms with Crippen molar-refractivity contribution >= 4 is 0 Å². The van der Waals surface area contributed by atoms with Gasteiger partial charge in [0.05, 0.1) is 11.4 Å². The number of hydrogen-bond acceptors (Lipinski definition) is 2. The molecule has 1 fully saturated rings. The van der Waals surface area contributed by atoms with Gasteiger partial charge in [-0.1, -0.05) is 6.07 Å². The molecule has 2 heterocycles. The molecule has 1 saturated heterocycles. The van der Waals surface area contributed by atoms with Crippen LogP contribution in [0.4, 0.5) is 8.78 Å².